The maximum atomic E-state index is 11.5. The van der Waals surface area contributed by atoms with Crippen LogP contribution in [0.2, 0.25) is 0 Å². The molecule has 0 fully saturated rings. The molecule has 0 unspecified atom stereocenters. The summed E-state index contributed by atoms with van der Waals surface area (Å²) in [4.78, 5) is 13.4. The van der Waals surface area contributed by atoms with Crippen molar-refractivity contribution < 1.29 is 0 Å². The number of aromatic nitrogens is 1. The summed E-state index contributed by atoms with van der Waals surface area (Å²) in [7, 11) is 0. The van der Waals surface area contributed by atoms with Crippen molar-refractivity contribution in [3.05, 3.63) is 59.2 Å². The summed E-state index contributed by atoms with van der Waals surface area (Å²) in [6, 6.07) is 4.99. The van der Waals surface area contributed by atoms with Gasteiger partial charge in [-0.3, -0.25) is 9.36 Å². The minimum Gasteiger partial charge on any atom is -0.321 e. The molecule has 1 aliphatic rings. The van der Waals surface area contributed by atoms with Crippen LogP contribution in [0.3, 0.4) is 0 Å². The van der Waals surface area contributed by atoms with Gasteiger partial charge < -0.3 is 4.90 Å². The number of hydrogen-bond donors (Lipinski definition) is 0. The van der Waals surface area contributed by atoms with Gasteiger partial charge in [0.05, 0.1) is 0 Å². The molecule has 0 radical (unpaired) electrons. The van der Waals surface area contributed by atoms with E-state index in [4.69, 9.17) is 12.2 Å². The molecular weight excluding hydrogens is 208 g/mol. The summed E-state index contributed by atoms with van der Waals surface area (Å²) in [5.74, 6) is 0. The number of thiocarbonyl (C=S) groups is 1. The van der Waals surface area contributed by atoms with E-state index in [1.54, 1.807) is 18.3 Å². The molecule has 0 bridgehead atoms. The molecule has 0 saturated heterocycles. The van der Waals surface area contributed by atoms with Crippen LogP contribution in [-0.4, -0.2) is 21.1 Å². The minimum atomic E-state index is -0.106. The highest BCUT2D eigenvalue weighted by Gasteiger charge is 2.09. The van der Waals surface area contributed by atoms with Crippen LogP contribution in [0.15, 0.2) is 53.6 Å². The maximum Gasteiger partial charge on any atom is 0.256 e. The highest BCUT2D eigenvalue weighted by atomic mass is 32.1. The Kier molecular flexibility index (Phi) is 2.78. The zero-order valence-electron chi connectivity index (χ0n) is 8.04. The average Bonchev–Trinajstić information content (AvgIpc) is 2.30. The van der Waals surface area contributed by atoms with Crippen molar-refractivity contribution in [2.45, 2.75) is 0 Å². The van der Waals surface area contributed by atoms with Gasteiger partial charge in [0, 0.05) is 25.0 Å². The molecule has 0 N–H and O–H groups in total. The van der Waals surface area contributed by atoms with Gasteiger partial charge in [0.1, 0.15) is 0 Å². The molecule has 4 heteroatoms. The van der Waals surface area contributed by atoms with Crippen molar-refractivity contribution in [3.8, 4) is 0 Å². The molecule has 2 heterocycles. The molecule has 0 spiro atoms. The summed E-state index contributed by atoms with van der Waals surface area (Å²) < 4.78 is 1.46. The lowest BCUT2D eigenvalue weighted by molar-refractivity contribution is 0.602. The molecule has 0 atom stereocenters. The lowest BCUT2D eigenvalue weighted by atomic mass is 10.3. The van der Waals surface area contributed by atoms with E-state index in [1.165, 1.54) is 10.6 Å². The van der Waals surface area contributed by atoms with Gasteiger partial charge in [0.2, 0.25) is 0 Å². The van der Waals surface area contributed by atoms with Crippen LogP contribution in [0.1, 0.15) is 0 Å². The zero-order chi connectivity index (χ0) is 10.7. The highest BCUT2D eigenvalue weighted by molar-refractivity contribution is 7.80. The monoisotopic (exact) mass is 218 g/mol. The van der Waals surface area contributed by atoms with Crippen molar-refractivity contribution in [2.75, 3.05) is 6.54 Å². The molecule has 1 aromatic rings. The summed E-state index contributed by atoms with van der Waals surface area (Å²) in [6.45, 7) is 0.705. The number of allylic oxidation sites excluding steroid dienone is 2. The van der Waals surface area contributed by atoms with Gasteiger partial charge in [0.25, 0.3) is 5.56 Å². The Labute approximate surface area is 92.9 Å². The van der Waals surface area contributed by atoms with Gasteiger partial charge in [-0.1, -0.05) is 18.2 Å². The maximum absolute atomic E-state index is 11.5. The lowest BCUT2D eigenvalue weighted by Gasteiger charge is -2.21. The van der Waals surface area contributed by atoms with Gasteiger partial charge in [-0.05, 0) is 24.4 Å². The molecular formula is C11H10N2OS. The van der Waals surface area contributed by atoms with Crippen LogP contribution in [-0.2, 0) is 0 Å². The van der Waals surface area contributed by atoms with Crippen molar-refractivity contribution in [3.63, 3.8) is 0 Å². The van der Waals surface area contributed by atoms with E-state index in [2.05, 4.69) is 0 Å². The lowest BCUT2D eigenvalue weighted by Crippen LogP contribution is -2.36. The van der Waals surface area contributed by atoms with Crippen LogP contribution in [0.5, 0.6) is 0 Å². The smallest absolute Gasteiger partial charge is 0.256 e. The Balaban J connectivity index is 2.29. The third-order valence-electron chi connectivity index (χ3n) is 2.09. The Morgan fingerprint density at radius 1 is 1.33 bits per heavy atom. The quantitative estimate of drug-likeness (QED) is 0.615. The topological polar surface area (TPSA) is 25.2 Å². The minimum absolute atomic E-state index is 0.106. The van der Waals surface area contributed by atoms with E-state index in [0.717, 1.165) is 0 Å². The Bertz CT molecular complexity index is 487. The van der Waals surface area contributed by atoms with Crippen LogP contribution in [0.25, 0.3) is 0 Å². The average molecular weight is 218 g/mol. The van der Waals surface area contributed by atoms with Crippen LogP contribution in [0.4, 0.5) is 0 Å². The summed E-state index contributed by atoms with van der Waals surface area (Å²) in [5, 5.41) is 0.501. The van der Waals surface area contributed by atoms with Gasteiger partial charge in [-0.15, -0.1) is 0 Å². The molecule has 0 aromatic carbocycles. The van der Waals surface area contributed by atoms with Crippen molar-refractivity contribution in [1.82, 2.24) is 9.47 Å². The van der Waals surface area contributed by atoms with Crippen LogP contribution in [0, 0.1) is 0 Å². The van der Waals surface area contributed by atoms with E-state index in [1.807, 2.05) is 29.3 Å². The molecule has 1 aromatic heterocycles. The van der Waals surface area contributed by atoms with Crippen molar-refractivity contribution in [2.24, 2.45) is 0 Å². The van der Waals surface area contributed by atoms with E-state index in [0.29, 0.717) is 11.7 Å². The van der Waals surface area contributed by atoms with E-state index >= 15 is 0 Å². The summed E-state index contributed by atoms with van der Waals surface area (Å²) >= 11 is 5.23. The van der Waals surface area contributed by atoms with Gasteiger partial charge >= 0.3 is 0 Å². The first-order chi connectivity index (χ1) is 7.29. The third-order valence-corrected chi connectivity index (χ3v) is 2.52. The number of hydrogen-bond acceptors (Lipinski definition) is 2. The Morgan fingerprint density at radius 3 is 2.87 bits per heavy atom. The Hall–Kier alpha value is -1.68. The molecule has 1 aliphatic heterocycles. The number of rotatable bonds is 0. The predicted molar refractivity (Wildman–Crippen MR) is 63.7 cm³/mol. The fraction of sp³-hybridized carbons (Fsp3) is 0.0909. The second-order valence-electron chi connectivity index (χ2n) is 3.11. The van der Waals surface area contributed by atoms with Crippen molar-refractivity contribution in [1.29, 1.82) is 0 Å². The van der Waals surface area contributed by atoms with Gasteiger partial charge in [-0.25, -0.2) is 0 Å². The highest BCUT2D eigenvalue weighted by Crippen LogP contribution is 2.01. The first kappa shape index (κ1) is 9.86. The van der Waals surface area contributed by atoms with Gasteiger partial charge in [-0.2, -0.15) is 0 Å². The molecule has 0 amide bonds. The fourth-order valence-electron chi connectivity index (χ4n) is 1.33. The normalized spacial score (nSPS) is 14.3. The molecule has 3 nitrogen and oxygen atoms in total. The zero-order valence-corrected chi connectivity index (χ0v) is 8.85. The second-order valence-corrected chi connectivity index (χ2v) is 3.48. The van der Waals surface area contributed by atoms with E-state index in [-0.39, 0.29) is 5.56 Å². The second kappa shape index (κ2) is 4.23. The van der Waals surface area contributed by atoms with Crippen LogP contribution < -0.4 is 5.56 Å². The molecule has 0 saturated carbocycles. The molecule has 2 rings (SSSR count). The molecule has 0 aliphatic carbocycles. The standard InChI is InChI=1S/C11H10N2OS/c14-10-6-2-5-9-13(10)11(15)12-7-3-1-4-8-12/h1-7,9H,8H2. The number of nitrogens with zero attached hydrogens (tertiary/aromatic N) is 2. The first-order valence-electron chi connectivity index (χ1n) is 4.61. The fourth-order valence-corrected chi connectivity index (χ4v) is 1.62. The Morgan fingerprint density at radius 2 is 2.20 bits per heavy atom. The van der Waals surface area contributed by atoms with Gasteiger partial charge in [0.15, 0.2) is 5.11 Å². The van der Waals surface area contributed by atoms with Crippen LogP contribution >= 0.6 is 12.2 Å². The number of pyridine rings is 1. The first-order valence-corrected chi connectivity index (χ1v) is 5.02. The SMILES string of the molecule is O=c1ccccn1C(=S)N1C=CC=CC1. The van der Waals surface area contributed by atoms with Crippen molar-refractivity contribution >= 4 is 17.3 Å². The summed E-state index contributed by atoms with van der Waals surface area (Å²) in [5.41, 5.74) is -0.106. The largest absolute Gasteiger partial charge is 0.321 e. The molecule has 15 heavy (non-hydrogen) atoms. The van der Waals surface area contributed by atoms with E-state index in [9.17, 15) is 4.79 Å². The third kappa shape index (κ3) is 2.05. The van der Waals surface area contributed by atoms with E-state index < -0.39 is 0 Å². The predicted octanol–water partition coefficient (Wildman–Crippen LogP) is 1.37. The summed E-state index contributed by atoms with van der Waals surface area (Å²) in [6.07, 6.45) is 9.37. The molecule has 76 valence electrons.